The molecule has 30 heavy (non-hydrogen) atoms. The standard InChI is InChI=1S/C24H26FN3O2/c25-18-8-4-5-16(11-18)14-27-22-13-23(30)21(15-29)20(22)12-19-9-10-26-24(28-19)17-6-2-1-3-7-17/h1-11,20-23,27,29-30H,12-15H2/t20-,21-,22-,23-/m1/s1. The summed E-state index contributed by atoms with van der Waals surface area (Å²) in [6.45, 7) is 0.420. The Morgan fingerprint density at radius 2 is 1.87 bits per heavy atom. The number of aliphatic hydroxyl groups is 2. The van der Waals surface area contributed by atoms with Crippen molar-refractivity contribution in [1.82, 2.24) is 15.3 Å². The van der Waals surface area contributed by atoms with Crippen LogP contribution in [0.4, 0.5) is 4.39 Å². The van der Waals surface area contributed by atoms with Gasteiger partial charge in [0.15, 0.2) is 5.82 Å². The van der Waals surface area contributed by atoms with Crippen molar-refractivity contribution in [3.8, 4) is 11.4 Å². The molecule has 4 rings (SSSR count). The number of halogens is 1. The number of nitrogens with one attached hydrogen (secondary N) is 1. The van der Waals surface area contributed by atoms with Crippen LogP contribution in [-0.2, 0) is 13.0 Å². The van der Waals surface area contributed by atoms with Crippen LogP contribution in [0.3, 0.4) is 0 Å². The molecule has 1 heterocycles. The summed E-state index contributed by atoms with van der Waals surface area (Å²) in [6, 6.07) is 18.2. The molecule has 1 saturated carbocycles. The molecule has 0 unspecified atom stereocenters. The third-order valence-corrected chi connectivity index (χ3v) is 5.91. The molecule has 1 aliphatic carbocycles. The van der Waals surface area contributed by atoms with Crippen molar-refractivity contribution in [1.29, 1.82) is 0 Å². The van der Waals surface area contributed by atoms with E-state index in [4.69, 9.17) is 4.98 Å². The predicted molar refractivity (Wildman–Crippen MR) is 113 cm³/mol. The minimum absolute atomic E-state index is 0.00411. The second kappa shape index (κ2) is 9.43. The SMILES string of the molecule is OC[C@@H]1[C@@H](Cc2ccnc(-c3ccccc3)n2)[C@H](NCc2cccc(F)c2)C[C@H]1O. The molecule has 0 saturated heterocycles. The van der Waals surface area contributed by atoms with E-state index in [-0.39, 0.29) is 30.3 Å². The molecular formula is C24H26FN3O2. The molecule has 2 aromatic carbocycles. The molecule has 1 aromatic heterocycles. The van der Waals surface area contributed by atoms with Crippen LogP contribution in [0.2, 0.25) is 0 Å². The maximum absolute atomic E-state index is 13.5. The zero-order valence-electron chi connectivity index (χ0n) is 16.7. The van der Waals surface area contributed by atoms with E-state index in [0.717, 1.165) is 16.8 Å². The third-order valence-electron chi connectivity index (χ3n) is 5.91. The van der Waals surface area contributed by atoms with E-state index >= 15 is 0 Å². The Hall–Kier alpha value is -2.67. The fourth-order valence-corrected chi connectivity index (χ4v) is 4.35. The van der Waals surface area contributed by atoms with Crippen LogP contribution < -0.4 is 5.32 Å². The molecule has 3 N–H and O–H groups in total. The second-order valence-electron chi connectivity index (χ2n) is 7.87. The van der Waals surface area contributed by atoms with E-state index in [1.807, 2.05) is 42.5 Å². The van der Waals surface area contributed by atoms with Gasteiger partial charge in [0, 0.05) is 42.6 Å². The van der Waals surface area contributed by atoms with Gasteiger partial charge in [0.2, 0.25) is 0 Å². The lowest BCUT2D eigenvalue weighted by atomic mass is 9.88. The molecule has 0 aliphatic heterocycles. The summed E-state index contributed by atoms with van der Waals surface area (Å²) >= 11 is 0. The van der Waals surface area contributed by atoms with Crippen molar-refractivity contribution in [2.24, 2.45) is 11.8 Å². The van der Waals surface area contributed by atoms with E-state index in [1.165, 1.54) is 12.1 Å². The van der Waals surface area contributed by atoms with Crippen molar-refractivity contribution in [2.45, 2.75) is 31.5 Å². The Labute approximate surface area is 175 Å². The lowest BCUT2D eigenvalue weighted by Gasteiger charge is -2.25. The van der Waals surface area contributed by atoms with E-state index < -0.39 is 6.10 Å². The predicted octanol–water partition coefficient (Wildman–Crippen LogP) is 2.97. The van der Waals surface area contributed by atoms with Gasteiger partial charge < -0.3 is 15.5 Å². The Morgan fingerprint density at radius 3 is 2.63 bits per heavy atom. The Morgan fingerprint density at radius 1 is 1.03 bits per heavy atom. The van der Waals surface area contributed by atoms with Crippen LogP contribution in [0, 0.1) is 17.7 Å². The molecule has 3 aromatic rings. The van der Waals surface area contributed by atoms with Gasteiger partial charge >= 0.3 is 0 Å². The first-order chi connectivity index (χ1) is 14.6. The molecule has 1 fully saturated rings. The van der Waals surface area contributed by atoms with E-state index in [9.17, 15) is 14.6 Å². The van der Waals surface area contributed by atoms with E-state index in [0.29, 0.717) is 25.2 Å². The third kappa shape index (κ3) is 4.73. The number of hydrogen-bond acceptors (Lipinski definition) is 5. The summed E-state index contributed by atoms with van der Waals surface area (Å²) in [4.78, 5) is 9.09. The second-order valence-corrected chi connectivity index (χ2v) is 7.87. The minimum Gasteiger partial charge on any atom is -0.396 e. The maximum atomic E-state index is 13.5. The molecule has 6 heteroatoms. The smallest absolute Gasteiger partial charge is 0.159 e. The molecule has 0 bridgehead atoms. The normalized spacial score (nSPS) is 23.6. The lowest BCUT2D eigenvalue weighted by Crippen LogP contribution is -2.36. The molecule has 0 amide bonds. The highest BCUT2D eigenvalue weighted by Gasteiger charge is 2.42. The number of aliphatic hydroxyl groups excluding tert-OH is 2. The molecule has 1 aliphatic rings. The number of hydrogen-bond donors (Lipinski definition) is 3. The zero-order valence-corrected chi connectivity index (χ0v) is 16.7. The van der Waals surface area contributed by atoms with Crippen LogP contribution in [0.25, 0.3) is 11.4 Å². The summed E-state index contributed by atoms with van der Waals surface area (Å²) in [6.07, 6.45) is 2.33. The van der Waals surface area contributed by atoms with Gasteiger partial charge in [-0.1, -0.05) is 42.5 Å². The zero-order chi connectivity index (χ0) is 20.9. The number of nitrogens with zero attached hydrogens (tertiary/aromatic N) is 2. The van der Waals surface area contributed by atoms with E-state index in [1.54, 1.807) is 12.3 Å². The Kier molecular flexibility index (Phi) is 6.47. The summed E-state index contributed by atoms with van der Waals surface area (Å²) in [5, 5.41) is 23.8. The highest BCUT2D eigenvalue weighted by molar-refractivity contribution is 5.54. The lowest BCUT2D eigenvalue weighted by molar-refractivity contribution is 0.0716. The number of aromatic nitrogens is 2. The van der Waals surface area contributed by atoms with Crippen molar-refractivity contribution < 1.29 is 14.6 Å². The van der Waals surface area contributed by atoms with Crippen LogP contribution in [-0.4, -0.2) is 38.9 Å². The van der Waals surface area contributed by atoms with Crippen LogP contribution >= 0.6 is 0 Å². The topological polar surface area (TPSA) is 78.3 Å². The molecule has 0 radical (unpaired) electrons. The van der Waals surface area contributed by atoms with Gasteiger partial charge in [0.25, 0.3) is 0 Å². The first-order valence-corrected chi connectivity index (χ1v) is 10.3. The summed E-state index contributed by atoms with van der Waals surface area (Å²) in [5.41, 5.74) is 2.67. The Bertz CT molecular complexity index is 969. The molecule has 156 valence electrons. The van der Waals surface area contributed by atoms with Gasteiger partial charge in [-0.25, -0.2) is 14.4 Å². The number of benzene rings is 2. The van der Waals surface area contributed by atoms with Crippen molar-refractivity contribution >= 4 is 0 Å². The molecule has 0 spiro atoms. The van der Waals surface area contributed by atoms with Crippen LogP contribution in [0.5, 0.6) is 0 Å². The highest BCUT2D eigenvalue weighted by atomic mass is 19.1. The van der Waals surface area contributed by atoms with Gasteiger partial charge in [-0.2, -0.15) is 0 Å². The fourth-order valence-electron chi connectivity index (χ4n) is 4.35. The largest absolute Gasteiger partial charge is 0.396 e. The first-order valence-electron chi connectivity index (χ1n) is 10.3. The van der Waals surface area contributed by atoms with Crippen LogP contribution in [0.15, 0.2) is 66.9 Å². The summed E-state index contributed by atoms with van der Waals surface area (Å²) in [7, 11) is 0. The van der Waals surface area contributed by atoms with Gasteiger partial charge in [0.05, 0.1) is 6.10 Å². The van der Waals surface area contributed by atoms with Crippen molar-refractivity contribution in [2.75, 3.05) is 6.61 Å². The Balaban J connectivity index is 1.51. The minimum atomic E-state index is -0.583. The fraction of sp³-hybridized carbons (Fsp3) is 0.333. The van der Waals surface area contributed by atoms with Gasteiger partial charge in [-0.05, 0) is 42.5 Å². The monoisotopic (exact) mass is 407 g/mol. The summed E-state index contributed by atoms with van der Waals surface area (Å²) in [5.74, 6) is 0.179. The first kappa shape index (κ1) is 20.6. The average molecular weight is 407 g/mol. The molecular weight excluding hydrogens is 381 g/mol. The summed E-state index contributed by atoms with van der Waals surface area (Å²) < 4.78 is 13.5. The van der Waals surface area contributed by atoms with Crippen LogP contribution in [0.1, 0.15) is 17.7 Å². The van der Waals surface area contributed by atoms with Gasteiger partial charge in [0.1, 0.15) is 5.82 Å². The number of rotatable bonds is 7. The maximum Gasteiger partial charge on any atom is 0.159 e. The average Bonchev–Trinajstić information content (AvgIpc) is 3.07. The highest BCUT2D eigenvalue weighted by Crippen LogP contribution is 2.35. The molecule has 5 nitrogen and oxygen atoms in total. The van der Waals surface area contributed by atoms with Crippen molar-refractivity contribution in [3.05, 3.63) is 83.9 Å². The quantitative estimate of drug-likeness (QED) is 0.561. The van der Waals surface area contributed by atoms with E-state index in [2.05, 4.69) is 10.3 Å². The van der Waals surface area contributed by atoms with Gasteiger partial charge in [-0.15, -0.1) is 0 Å². The van der Waals surface area contributed by atoms with Gasteiger partial charge in [-0.3, -0.25) is 0 Å². The molecule has 4 atom stereocenters. The van der Waals surface area contributed by atoms with Crippen molar-refractivity contribution in [3.63, 3.8) is 0 Å².